The molecule has 0 aromatic heterocycles. The Morgan fingerprint density at radius 2 is 2.06 bits per heavy atom. The van der Waals surface area contributed by atoms with Crippen molar-refractivity contribution in [2.24, 2.45) is 0 Å². The molecule has 3 heteroatoms. The number of carbonyl (C=O) groups excluding carboxylic acids is 1. The number of carbonyl (C=O) groups is 1. The van der Waals surface area contributed by atoms with Crippen LogP contribution >= 0.6 is 0 Å². The quantitative estimate of drug-likeness (QED) is 0.738. The van der Waals surface area contributed by atoms with Gasteiger partial charge >= 0.3 is 0 Å². The van der Waals surface area contributed by atoms with Crippen molar-refractivity contribution in [2.75, 3.05) is 5.73 Å². The lowest BCUT2D eigenvalue weighted by Gasteiger charge is -2.20. The Balaban J connectivity index is 2.25. The molecule has 0 bridgehead atoms. The lowest BCUT2D eigenvalue weighted by molar-refractivity contribution is 0.0973. The number of rotatable bonds is 1. The minimum Gasteiger partial charge on any atom is -0.398 e. The van der Waals surface area contributed by atoms with Crippen LogP contribution in [0, 0.1) is 5.82 Å². The molecule has 2 N–H and O–H groups in total. The van der Waals surface area contributed by atoms with Crippen molar-refractivity contribution >= 4 is 11.5 Å². The van der Waals surface area contributed by atoms with Crippen LogP contribution in [0.25, 0.3) is 0 Å². The summed E-state index contributed by atoms with van der Waals surface area (Å²) < 4.78 is 13.9. The number of nitrogens with two attached hydrogens (primary N) is 1. The summed E-state index contributed by atoms with van der Waals surface area (Å²) in [7, 11) is 0. The van der Waals surface area contributed by atoms with E-state index in [1.54, 1.807) is 0 Å². The number of hydrogen-bond acceptors (Lipinski definition) is 2. The molecule has 2 nitrogen and oxygen atoms in total. The number of fused-ring (bicyclic) bond motifs is 1. The largest absolute Gasteiger partial charge is 0.398 e. The van der Waals surface area contributed by atoms with Gasteiger partial charge < -0.3 is 5.73 Å². The van der Waals surface area contributed by atoms with E-state index in [0.717, 1.165) is 36.8 Å². The zero-order valence-corrected chi connectivity index (χ0v) is 9.05. The average Bonchev–Trinajstić information content (AvgIpc) is 3.01. The number of anilines is 1. The average molecular weight is 219 g/mol. The molecule has 0 unspecified atom stereocenters. The van der Waals surface area contributed by atoms with Crippen LogP contribution in [0.1, 0.15) is 53.1 Å². The molecule has 0 heterocycles. The molecule has 0 saturated heterocycles. The highest BCUT2D eigenvalue weighted by molar-refractivity contribution is 6.03. The molecule has 0 amide bonds. The first kappa shape index (κ1) is 9.82. The number of nitrogen functional groups attached to an aromatic ring is 1. The van der Waals surface area contributed by atoms with E-state index >= 15 is 0 Å². The molecule has 1 aromatic rings. The normalized spacial score (nSPS) is 19.7. The first-order chi connectivity index (χ1) is 7.68. The highest BCUT2D eigenvalue weighted by Gasteiger charge is 2.33. The topological polar surface area (TPSA) is 43.1 Å². The number of ketones is 1. The molecule has 0 atom stereocenters. The number of halogens is 1. The van der Waals surface area contributed by atoms with Crippen LogP contribution in [0.4, 0.5) is 10.1 Å². The Morgan fingerprint density at radius 1 is 1.31 bits per heavy atom. The van der Waals surface area contributed by atoms with Gasteiger partial charge in [0.25, 0.3) is 0 Å². The van der Waals surface area contributed by atoms with Gasteiger partial charge in [-0.1, -0.05) is 0 Å². The summed E-state index contributed by atoms with van der Waals surface area (Å²) in [6.45, 7) is 0. The van der Waals surface area contributed by atoms with E-state index in [0.29, 0.717) is 23.6 Å². The van der Waals surface area contributed by atoms with Crippen molar-refractivity contribution in [1.82, 2.24) is 0 Å². The van der Waals surface area contributed by atoms with Crippen LogP contribution in [0.2, 0.25) is 0 Å². The third kappa shape index (κ3) is 1.34. The Morgan fingerprint density at radius 3 is 2.75 bits per heavy atom. The second kappa shape index (κ2) is 3.30. The minimum atomic E-state index is -0.214. The van der Waals surface area contributed by atoms with Gasteiger partial charge in [-0.05, 0) is 48.8 Å². The number of benzene rings is 1. The number of hydrogen-bond donors (Lipinski definition) is 1. The molecule has 16 heavy (non-hydrogen) atoms. The van der Waals surface area contributed by atoms with Crippen molar-refractivity contribution in [3.05, 3.63) is 28.6 Å². The molecule has 84 valence electrons. The summed E-state index contributed by atoms with van der Waals surface area (Å²) in [6.07, 6.45) is 4.26. The van der Waals surface area contributed by atoms with Gasteiger partial charge in [-0.3, -0.25) is 4.79 Å². The monoisotopic (exact) mass is 219 g/mol. The molecule has 0 radical (unpaired) electrons. The van der Waals surface area contributed by atoms with Gasteiger partial charge in [-0.2, -0.15) is 0 Å². The van der Waals surface area contributed by atoms with Gasteiger partial charge in [0.05, 0.1) is 0 Å². The molecule has 1 saturated carbocycles. The van der Waals surface area contributed by atoms with Gasteiger partial charge in [-0.15, -0.1) is 0 Å². The van der Waals surface area contributed by atoms with E-state index in [2.05, 4.69) is 0 Å². The summed E-state index contributed by atoms with van der Waals surface area (Å²) in [5.74, 6) is 0.203. The second-order valence-corrected chi connectivity index (χ2v) is 4.77. The first-order valence-electron chi connectivity index (χ1n) is 5.82. The summed E-state index contributed by atoms with van der Waals surface area (Å²) in [5, 5.41) is 0. The van der Waals surface area contributed by atoms with E-state index < -0.39 is 0 Å². The number of Topliss-reactive ketones (excluding diaryl/α,β-unsaturated/α-hetero) is 1. The van der Waals surface area contributed by atoms with Gasteiger partial charge in [0.1, 0.15) is 5.82 Å². The van der Waals surface area contributed by atoms with Gasteiger partial charge in [0.2, 0.25) is 0 Å². The van der Waals surface area contributed by atoms with Crippen molar-refractivity contribution < 1.29 is 9.18 Å². The van der Waals surface area contributed by atoms with Crippen molar-refractivity contribution in [3.63, 3.8) is 0 Å². The summed E-state index contributed by atoms with van der Waals surface area (Å²) in [5.41, 5.74) is 8.36. The Hall–Kier alpha value is -1.38. The predicted octanol–water partition coefficient (Wildman–Crippen LogP) is 2.80. The highest BCUT2D eigenvalue weighted by atomic mass is 19.1. The molecular weight excluding hydrogens is 205 g/mol. The Kier molecular flexibility index (Phi) is 2.03. The van der Waals surface area contributed by atoms with Crippen LogP contribution in [0.5, 0.6) is 0 Å². The van der Waals surface area contributed by atoms with Crippen LogP contribution in [0.3, 0.4) is 0 Å². The fourth-order valence-corrected chi connectivity index (χ4v) is 2.69. The highest BCUT2D eigenvalue weighted by Crippen LogP contribution is 2.46. The maximum absolute atomic E-state index is 13.9. The first-order valence-corrected chi connectivity index (χ1v) is 5.82. The fraction of sp³-hybridized carbons (Fsp3) is 0.462. The van der Waals surface area contributed by atoms with Crippen LogP contribution in [-0.4, -0.2) is 5.78 Å². The summed E-state index contributed by atoms with van der Waals surface area (Å²) in [6, 6.07) is 1.33. The van der Waals surface area contributed by atoms with Gasteiger partial charge in [0, 0.05) is 17.7 Å². The van der Waals surface area contributed by atoms with E-state index in [1.807, 2.05) is 0 Å². The Labute approximate surface area is 93.6 Å². The fourth-order valence-electron chi connectivity index (χ4n) is 2.69. The maximum Gasteiger partial charge on any atom is 0.165 e. The third-order valence-corrected chi connectivity index (χ3v) is 3.55. The standard InChI is InChI=1S/C13H14FNO/c14-9-6-10(15)13-8(2-1-3-11(13)16)12(9)7-4-5-7/h6-7H,1-5,15H2. The molecule has 3 rings (SSSR count). The van der Waals surface area contributed by atoms with E-state index in [9.17, 15) is 9.18 Å². The molecule has 2 aliphatic rings. The molecule has 0 spiro atoms. The van der Waals surface area contributed by atoms with Crippen molar-refractivity contribution in [1.29, 1.82) is 0 Å². The molecule has 2 aliphatic carbocycles. The van der Waals surface area contributed by atoms with Crippen LogP contribution < -0.4 is 5.73 Å². The summed E-state index contributed by atoms with van der Waals surface area (Å²) in [4.78, 5) is 11.8. The SMILES string of the molecule is Nc1cc(F)c(C2CC2)c2c1C(=O)CCC2. The molecule has 1 aromatic carbocycles. The predicted molar refractivity (Wildman–Crippen MR) is 60.1 cm³/mol. The zero-order chi connectivity index (χ0) is 11.3. The van der Waals surface area contributed by atoms with E-state index in [-0.39, 0.29) is 11.6 Å². The van der Waals surface area contributed by atoms with Crippen LogP contribution in [0.15, 0.2) is 6.07 Å². The smallest absolute Gasteiger partial charge is 0.165 e. The second-order valence-electron chi connectivity index (χ2n) is 4.77. The van der Waals surface area contributed by atoms with Crippen molar-refractivity contribution in [3.8, 4) is 0 Å². The lowest BCUT2D eigenvalue weighted by atomic mass is 9.84. The molecular formula is C13H14FNO. The third-order valence-electron chi connectivity index (χ3n) is 3.55. The minimum absolute atomic E-state index is 0.0839. The zero-order valence-electron chi connectivity index (χ0n) is 9.05. The maximum atomic E-state index is 13.9. The van der Waals surface area contributed by atoms with Gasteiger partial charge in [0.15, 0.2) is 5.78 Å². The molecule has 1 fully saturated rings. The van der Waals surface area contributed by atoms with E-state index in [4.69, 9.17) is 5.73 Å². The molecule has 0 aliphatic heterocycles. The Bertz CT molecular complexity index is 477. The van der Waals surface area contributed by atoms with Gasteiger partial charge in [-0.25, -0.2) is 4.39 Å². The van der Waals surface area contributed by atoms with Crippen LogP contribution in [-0.2, 0) is 6.42 Å². The summed E-state index contributed by atoms with van der Waals surface area (Å²) >= 11 is 0. The lowest BCUT2D eigenvalue weighted by Crippen LogP contribution is -2.16. The van der Waals surface area contributed by atoms with E-state index in [1.165, 1.54) is 6.07 Å². The van der Waals surface area contributed by atoms with Crippen molar-refractivity contribution in [2.45, 2.75) is 38.0 Å².